The Hall–Kier alpha value is -2.28. The Kier molecular flexibility index (Phi) is 5.43. The standard InChI is InChI=1S/C18H25N5O2/c1-12(2)21-17(24)10-23-6-4-5-14(9-23)18-15(8-19-11-20-18)16-7-13(3)22-25-16/h7-8,11-12,14H,4-6,9-10H2,1-3H3,(H,21,24)/t14-/m0/s1. The monoisotopic (exact) mass is 343 g/mol. The lowest BCUT2D eigenvalue weighted by atomic mass is 9.91. The van der Waals surface area contributed by atoms with E-state index in [0.717, 1.165) is 42.9 Å². The van der Waals surface area contributed by atoms with Crippen LogP contribution in [0.2, 0.25) is 0 Å². The van der Waals surface area contributed by atoms with Crippen LogP contribution in [0.5, 0.6) is 0 Å². The Bertz CT molecular complexity index is 728. The van der Waals surface area contributed by atoms with E-state index >= 15 is 0 Å². The second-order valence-electron chi connectivity index (χ2n) is 6.95. The first-order valence-electron chi connectivity index (χ1n) is 8.78. The predicted molar refractivity (Wildman–Crippen MR) is 94.0 cm³/mol. The third-order valence-electron chi connectivity index (χ3n) is 4.35. The van der Waals surface area contributed by atoms with Gasteiger partial charge in [0.15, 0.2) is 5.76 Å². The van der Waals surface area contributed by atoms with Gasteiger partial charge in [0.1, 0.15) is 6.33 Å². The summed E-state index contributed by atoms with van der Waals surface area (Å²) in [5, 5.41) is 6.92. The van der Waals surface area contributed by atoms with Crippen molar-refractivity contribution in [1.82, 2.24) is 25.3 Å². The fraction of sp³-hybridized carbons (Fsp3) is 0.556. The van der Waals surface area contributed by atoms with E-state index in [2.05, 4.69) is 25.3 Å². The molecule has 1 aliphatic heterocycles. The molecular formula is C18H25N5O2. The molecule has 1 saturated heterocycles. The van der Waals surface area contributed by atoms with E-state index in [9.17, 15) is 4.79 Å². The summed E-state index contributed by atoms with van der Waals surface area (Å²) in [6.45, 7) is 8.02. The highest BCUT2D eigenvalue weighted by atomic mass is 16.5. The van der Waals surface area contributed by atoms with E-state index in [1.807, 2.05) is 26.8 Å². The van der Waals surface area contributed by atoms with Crippen molar-refractivity contribution in [3.8, 4) is 11.3 Å². The van der Waals surface area contributed by atoms with Crippen molar-refractivity contribution in [2.45, 2.75) is 45.6 Å². The van der Waals surface area contributed by atoms with Gasteiger partial charge in [0.05, 0.1) is 23.5 Å². The zero-order valence-electron chi connectivity index (χ0n) is 15.0. The van der Waals surface area contributed by atoms with Gasteiger partial charge in [-0.2, -0.15) is 0 Å². The SMILES string of the molecule is Cc1cc(-c2cncnc2[C@H]2CCCN(CC(=O)NC(C)C)C2)on1. The number of amides is 1. The van der Waals surface area contributed by atoms with Gasteiger partial charge in [-0.15, -0.1) is 0 Å². The third-order valence-corrected chi connectivity index (χ3v) is 4.35. The molecular weight excluding hydrogens is 318 g/mol. The first kappa shape index (κ1) is 17.5. The first-order chi connectivity index (χ1) is 12.0. The molecule has 25 heavy (non-hydrogen) atoms. The molecule has 0 saturated carbocycles. The lowest BCUT2D eigenvalue weighted by molar-refractivity contribution is -0.123. The minimum absolute atomic E-state index is 0.0735. The van der Waals surface area contributed by atoms with Gasteiger partial charge in [0, 0.05) is 30.8 Å². The van der Waals surface area contributed by atoms with Crippen molar-refractivity contribution in [2.24, 2.45) is 0 Å². The van der Waals surface area contributed by atoms with E-state index in [-0.39, 0.29) is 17.9 Å². The van der Waals surface area contributed by atoms with Crippen molar-refractivity contribution in [3.05, 3.63) is 30.0 Å². The number of rotatable bonds is 5. The number of nitrogens with zero attached hydrogens (tertiary/aromatic N) is 4. The van der Waals surface area contributed by atoms with Crippen LogP contribution in [0.1, 0.15) is 44.0 Å². The molecule has 7 nitrogen and oxygen atoms in total. The fourth-order valence-corrected chi connectivity index (χ4v) is 3.34. The molecule has 2 aromatic rings. The number of hydrogen-bond acceptors (Lipinski definition) is 6. The summed E-state index contributed by atoms with van der Waals surface area (Å²) in [6.07, 6.45) is 5.44. The summed E-state index contributed by atoms with van der Waals surface area (Å²) in [7, 11) is 0. The minimum atomic E-state index is 0.0735. The summed E-state index contributed by atoms with van der Waals surface area (Å²) >= 11 is 0. The van der Waals surface area contributed by atoms with Crippen LogP contribution in [-0.4, -0.2) is 51.6 Å². The average Bonchev–Trinajstić information content (AvgIpc) is 3.00. The molecule has 1 N–H and O–H groups in total. The highest BCUT2D eigenvalue weighted by Crippen LogP contribution is 2.32. The molecule has 0 radical (unpaired) electrons. The molecule has 0 spiro atoms. The summed E-state index contributed by atoms with van der Waals surface area (Å²) < 4.78 is 5.41. The van der Waals surface area contributed by atoms with Gasteiger partial charge in [0.25, 0.3) is 0 Å². The molecule has 1 amide bonds. The maximum Gasteiger partial charge on any atom is 0.234 e. The first-order valence-corrected chi connectivity index (χ1v) is 8.78. The number of carbonyl (C=O) groups excluding carboxylic acids is 1. The van der Waals surface area contributed by atoms with E-state index in [4.69, 9.17) is 4.52 Å². The van der Waals surface area contributed by atoms with Crippen LogP contribution < -0.4 is 5.32 Å². The Morgan fingerprint density at radius 3 is 3.04 bits per heavy atom. The van der Waals surface area contributed by atoms with Gasteiger partial charge in [-0.05, 0) is 40.2 Å². The van der Waals surface area contributed by atoms with Gasteiger partial charge < -0.3 is 9.84 Å². The Morgan fingerprint density at radius 1 is 1.48 bits per heavy atom. The van der Waals surface area contributed by atoms with Gasteiger partial charge in [-0.25, -0.2) is 9.97 Å². The highest BCUT2D eigenvalue weighted by molar-refractivity contribution is 5.78. The molecule has 3 rings (SSSR count). The van der Waals surface area contributed by atoms with Gasteiger partial charge >= 0.3 is 0 Å². The lowest BCUT2D eigenvalue weighted by Gasteiger charge is -2.32. The molecule has 3 heterocycles. The molecule has 0 unspecified atom stereocenters. The normalized spacial score (nSPS) is 18.5. The van der Waals surface area contributed by atoms with Crippen LogP contribution in [0.15, 0.2) is 23.1 Å². The molecule has 1 aliphatic rings. The number of likely N-dealkylation sites (tertiary alicyclic amines) is 1. The molecule has 0 bridgehead atoms. The summed E-state index contributed by atoms with van der Waals surface area (Å²) in [6, 6.07) is 2.06. The molecule has 1 atom stereocenters. The highest BCUT2D eigenvalue weighted by Gasteiger charge is 2.27. The Morgan fingerprint density at radius 2 is 2.32 bits per heavy atom. The average molecular weight is 343 g/mol. The summed E-state index contributed by atoms with van der Waals surface area (Å²) in [4.78, 5) is 22.9. The fourth-order valence-electron chi connectivity index (χ4n) is 3.34. The van der Waals surface area contributed by atoms with E-state index < -0.39 is 0 Å². The van der Waals surface area contributed by atoms with Crippen molar-refractivity contribution in [3.63, 3.8) is 0 Å². The molecule has 7 heteroatoms. The number of aromatic nitrogens is 3. The van der Waals surface area contributed by atoms with Crippen LogP contribution in [0.4, 0.5) is 0 Å². The number of carbonyl (C=O) groups is 1. The van der Waals surface area contributed by atoms with Crippen molar-refractivity contribution in [1.29, 1.82) is 0 Å². The molecule has 0 aliphatic carbocycles. The second kappa shape index (κ2) is 7.74. The van der Waals surface area contributed by atoms with Crippen molar-refractivity contribution >= 4 is 5.91 Å². The van der Waals surface area contributed by atoms with E-state index in [1.165, 1.54) is 0 Å². The number of piperidine rings is 1. The maximum absolute atomic E-state index is 12.1. The van der Waals surface area contributed by atoms with Crippen LogP contribution in [0, 0.1) is 6.92 Å². The van der Waals surface area contributed by atoms with Crippen molar-refractivity contribution < 1.29 is 9.32 Å². The summed E-state index contributed by atoms with van der Waals surface area (Å²) in [5.41, 5.74) is 2.70. The minimum Gasteiger partial charge on any atom is -0.356 e. The predicted octanol–water partition coefficient (Wildman–Crippen LogP) is 2.14. The Labute approximate surface area is 147 Å². The largest absolute Gasteiger partial charge is 0.356 e. The summed E-state index contributed by atoms with van der Waals surface area (Å²) in [5.74, 6) is 1.02. The quantitative estimate of drug-likeness (QED) is 0.895. The Balaban J connectivity index is 1.75. The molecule has 134 valence electrons. The van der Waals surface area contributed by atoms with E-state index in [0.29, 0.717) is 12.3 Å². The van der Waals surface area contributed by atoms with E-state index in [1.54, 1.807) is 12.5 Å². The lowest BCUT2D eigenvalue weighted by Crippen LogP contribution is -2.43. The van der Waals surface area contributed by atoms with Gasteiger partial charge in [-0.3, -0.25) is 9.69 Å². The van der Waals surface area contributed by atoms with Crippen LogP contribution >= 0.6 is 0 Å². The van der Waals surface area contributed by atoms with Gasteiger partial charge in [0.2, 0.25) is 5.91 Å². The maximum atomic E-state index is 12.1. The zero-order chi connectivity index (χ0) is 17.8. The molecule has 1 fully saturated rings. The van der Waals surface area contributed by atoms with Gasteiger partial charge in [-0.1, -0.05) is 5.16 Å². The van der Waals surface area contributed by atoms with Crippen LogP contribution in [0.3, 0.4) is 0 Å². The molecule has 0 aromatic carbocycles. The number of aryl methyl sites for hydroxylation is 1. The smallest absolute Gasteiger partial charge is 0.234 e. The number of nitrogens with one attached hydrogen (secondary N) is 1. The number of hydrogen-bond donors (Lipinski definition) is 1. The second-order valence-corrected chi connectivity index (χ2v) is 6.95. The zero-order valence-corrected chi connectivity index (χ0v) is 15.0. The molecule has 2 aromatic heterocycles. The van der Waals surface area contributed by atoms with Crippen molar-refractivity contribution in [2.75, 3.05) is 19.6 Å². The van der Waals surface area contributed by atoms with Crippen LogP contribution in [-0.2, 0) is 4.79 Å². The third kappa shape index (κ3) is 4.42. The van der Waals surface area contributed by atoms with Crippen LogP contribution in [0.25, 0.3) is 11.3 Å². The topological polar surface area (TPSA) is 84.2 Å².